The zero-order valence-electron chi connectivity index (χ0n) is 13.7. The Kier molecular flexibility index (Phi) is 4.15. The molecule has 0 saturated heterocycles. The van der Waals surface area contributed by atoms with Crippen molar-refractivity contribution in [2.45, 2.75) is 19.0 Å². The van der Waals surface area contributed by atoms with E-state index >= 15 is 0 Å². The van der Waals surface area contributed by atoms with Gasteiger partial charge in [0.2, 0.25) is 5.88 Å². The molecule has 0 bridgehead atoms. The van der Waals surface area contributed by atoms with Crippen molar-refractivity contribution >= 4 is 34.2 Å². The number of hydrogen-bond acceptors (Lipinski definition) is 4. The average Bonchev–Trinajstić information content (AvgIpc) is 3.01. The van der Waals surface area contributed by atoms with Gasteiger partial charge in [0.05, 0.1) is 5.69 Å². The highest BCUT2D eigenvalue weighted by Gasteiger charge is 2.35. The number of fused-ring (bicyclic) bond motifs is 1. The highest BCUT2D eigenvalue weighted by molar-refractivity contribution is 6.31. The molecular weight excluding hydrogens is 383 g/mol. The summed E-state index contributed by atoms with van der Waals surface area (Å²) < 4.78 is 43.0. The molecule has 1 aromatic heterocycles. The van der Waals surface area contributed by atoms with E-state index < -0.39 is 17.7 Å². The lowest BCUT2D eigenvalue weighted by Gasteiger charge is -2.26. The molecule has 0 spiro atoms. The monoisotopic (exact) mass is 395 g/mol. The number of allylic oxidation sites excluding steroid dienone is 4. The molecule has 1 aliphatic carbocycles. The molecule has 0 radical (unpaired) electrons. The second-order valence-corrected chi connectivity index (χ2v) is 6.55. The second kappa shape index (κ2) is 6.38. The Labute approximate surface area is 156 Å². The highest BCUT2D eigenvalue weighted by Crippen LogP contribution is 2.34. The lowest BCUT2D eigenvalue weighted by atomic mass is 10.0. The molecule has 0 amide bonds. The van der Waals surface area contributed by atoms with Gasteiger partial charge in [-0.15, -0.1) is 0 Å². The maximum absolute atomic E-state index is 12.7. The van der Waals surface area contributed by atoms with Crippen molar-refractivity contribution < 1.29 is 22.7 Å². The van der Waals surface area contributed by atoms with Crippen molar-refractivity contribution in [1.29, 1.82) is 0 Å². The minimum Gasteiger partial charge on any atom is -0.402 e. The van der Waals surface area contributed by atoms with Crippen molar-refractivity contribution in [2.75, 3.05) is 5.32 Å². The van der Waals surface area contributed by atoms with Crippen molar-refractivity contribution in [2.24, 2.45) is 0 Å². The van der Waals surface area contributed by atoms with Crippen LogP contribution in [0.25, 0.3) is 10.9 Å². The Morgan fingerprint density at radius 2 is 1.96 bits per heavy atom. The minimum atomic E-state index is -4.33. The van der Waals surface area contributed by atoms with E-state index in [1.807, 2.05) is 6.07 Å². The standard InChI is InChI=1S/C18H13ClF3N3O2/c19-10-3-6-13-12(7-10)14(8-23-13)25-15-16(27-17(15)26)24-11-4-1-9(2-5-11)18(20,21)22/h1,3-4,6-8,23-25H,2,5H2. The van der Waals surface area contributed by atoms with Crippen LogP contribution >= 0.6 is 11.6 Å². The minimum absolute atomic E-state index is 0.132. The van der Waals surface area contributed by atoms with E-state index in [4.69, 9.17) is 16.3 Å². The Bertz CT molecular complexity index is 1030. The molecule has 140 valence electrons. The third kappa shape index (κ3) is 3.40. The number of halogens is 4. The Balaban J connectivity index is 1.55. The first-order chi connectivity index (χ1) is 12.8. The molecule has 2 aromatic rings. The van der Waals surface area contributed by atoms with Crippen LogP contribution in [-0.4, -0.2) is 17.1 Å². The number of cyclic esters (lactones) is 1. The van der Waals surface area contributed by atoms with Gasteiger partial charge in [-0.3, -0.25) is 0 Å². The Hall–Kier alpha value is -2.87. The number of carbonyl (C=O) groups excluding carboxylic acids is 1. The predicted octanol–water partition coefficient (Wildman–Crippen LogP) is 4.72. The number of benzene rings is 1. The second-order valence-electron chi connectivity index (χ2n) is 6.12. The van der Waals surface area contributed by atoms with Gasteiger partial charge in [0.1, 0.15) is 0 Å². The number of alkyl halides is 3. The van der Waals surface area contributed by atoms with Crippen LogP contribution in [0.15, 0.2) is 59.4 Å². The third-order valence-corrected chi connectivity index (χ3v) is 4.55. The molecule has 0 unspecified atom stereocenters. The summed E-state index contributed by atoms with van der Waals surface area (Å²) in [6, 6.07) is 5.31. The van der Waals surface area contributed by atoms with Crippen LogP contribution in [0.1, 0.15) is 12.8 Å². The fraction of sp³-hybridized carbons (Fsp3) is 0.167. The molecule has 1 aromatic carbocycles. The molecule has 2 aliphatic rings. The molecule has 5 nitrogen and oxygen atoms in total. The fourth-order valence-electron chi connectivity index (χ4n) is 2.89. The summed E-state index contributed by atoms with van der Waals surface area (Å²) in [7, 11) is 0. The molecule has 3 N–H and O–H groups in total. The molecule has 27 heavy (non-hydrogen) atoms. The molecule has 4 rings (SSSR count). The fourth-order valence-corrected chi connectivity index (χ4v) is 3.06. The van der Waals surface area contributed by atoms with E-state index in [2.05, 4.69) is 15.6 Å². The van der Waals surface area contributed by atoms with Gasteiger partial charge >= 0.3 is 12.1 Å². The van der Waals surface area contributed by atoms with Gasteiger partial charge in [-0.1, -0.05) is 17.7 Å². The van der Waals surface area contributed by atoms with Crippen LogP contribution in [0.2, 0.25) is 5.02 Å². The van der Waals surface area contributed by atoms with Crippen molar-refractivity contribution in [3.8, 4) is 0 Å². The molecule has 0 saturated carbocycles. The van der Waals surface area contributed by atoms with Gasteiger partial charge < -0.3 is 20.4 Å². The SMILES string of the molecule is O=C1OC(NC2=CC=C(C(F)(F)F)CC2)=C1Nc1c[nH]c2ccc(Cl)cc12. The van der Waals surface area contributed by atoms with Crippen LogP contribution in [0.3, 0.4) is 0 Å². The summed E-state index contributed by atoms with van der Waals surface area (Å²) in [4.78, 5) is 14.9. The van der Waals surface area contributed by atoms with Crippen LogP contribution < -0.4 is 10.6 Å². The number of nitrogens with one attached hydrogen (secondary N) is 3. The summed E-state index contributed by atoms with van der Waals surface area (Å²) in [6.45, 7) is 0. The van der Waals surface area contributed by atoms with Crippen LogP contribution in [-0.2, 0) is 9.53 Å². The summed E-state index contributed by atoms with van der Waals surface area (Å²) in [5.41, 5.74) is 1.62. The van der Waals surface area contributed by atoms with Crippen molar-refractivity contribution in [3.05, 3.63) is 64.4 Å². The summed E-state index contributed by atoms with van der Waals surface area (Å²) in [6.07, 6.45) is -0.227. The predicted molar refractivity (Wildman–Crippen MR) is 94.6 cm³/mol. The summed E-state index contributed by atoms with van der Waals surface area (Å²) >= 11 is 6.01. The maximum Gasteiger partial charge on any atom is 0.412 e. The number of anilines is 1. The van der Waals surface area contributed by atoms with Gasteiger partial charge in [-0.05, 0) is 37.1 Å². The first kappa shape index (κ1) is 17.5. The lowest BCUT2D eigenvalue weighted by molar-refractivity contribution is -0.141. The van der Waals surface area contributed by atoms with E-state index in [9.17, 15) is 18.0 Å². The van der Waals surface area contributed by atoms with Gasteiger partial charge in [-0.2, -0.15) is 13.2 Å². The van der Waals surface area contributed by atoms with E-state index in [0.717, 1.165) is 17.0 Å². The molecular formula is C18H13ClF3N3O2. The maximum atomic E-state index is 12.7. The van der Waals surface area contributed by atoms with Crippen LogP contribution in [0.4, 0.5) is 18.9 Å². The van der Waals surface area contributed by atoms with Gasteiger partial charge in [0.25, 0.3) is 0 Å². The van der Waals surface area contributed by atoms with E-state index in [1.54, 1.807) is 18.3 Å². The van der Waals surface area contributed by atoms with Gasteiger partial charge in [0, 0.05) is 33.4 Å². The van der Waals surface area contributed by atoms with Crippen LogP contribution in [0.5, 0.6) is 0 Å². The van der Waals surface area contributed by atoms with E-state index in [-0.39, 0.29) is 24.4 Å². The number of rotatable bonds is 4. The molecule has 0 atom stereocenters. The van der Waals surface area contributed by atoms with E-state index in [1.165, 1.54) is 6.08 Å². The van der Waals surface area contributed by atoms with E-state index in [0.29, 0.717) is 16.4 Å². The third-order valence-electron chi connectivity index (χ3n) is 4.32. The summed E-state index contributed by atoms with van der Waals surface area (Å²) in [5.74, 6) is -0.386. The topological polar surface area (TPSA) is 66.2 Å². The van der Waals surface area contributed by atoms with Gasteiger partial charge in [0.15, 0.2) is 5.70 Å². The number of ether oxygens (including phenoxy) is 1. The Morgan fingerprint density at radius 3 is 2.63 bits per heavy atom. The first-order valence-electron chi connectivity index (χ1n) is 8.05. The molecule has 2 heterocycles. The first-order valence-corrected chi connectivity index (χ1v) is 8.43. The average molecular weight is 396 g/mol. The molecule has 9 heteroatoms. The molecule has 0 fully saturated rings. The highest BCUT2D eigenvalue weighted by atomic mass is 35.5. The quantitative estimate of drug-likeness (QED) is 0.656. The number of carbonyl (C=O) groups is 1. The summed E-state index contributed by atoms with van der Waals surface area (Å²) in [5, 5.41) is 7.19. The number of H-pyrrole nitrogens is 1. The Morgan fingerprint density at radius 1 is 1.15 bits per heavy atom. The van der Waals surface area contributed by atoms with Crippen molar-refractivity contribution in [3.63, 3.8) is 0 Å². The number of hydrogen-bond donors (Lipinski definition) is 3. The number of aromatic nitrogens is 1. The van der Waals surface area contributed by atoms with Gasteiger partial charge in [-0.25, -0.2) is 4.79 Å². The molecule has 1 aliphatic heterocycles. The zero-order valence-corrected chi connectivity index (χ0v) is 14.5. The largest absolute Gasteiger partial charge is 0.412 e. The zero-order chi connectivity index (χ0) is 19.2. The van der Waals surface area contributed by atoms with Crippen LogP contribution in [0, 0.1) is 0 Å². The smallest absolute Gasteiger partial charge is 0.402 e. The number of esters is 1. The number of aromatic amines is 1. The van der Waals surface area contributed by atoms with Crippen molar-refractivity contribution in [1.82, 2.24) is 10.3 Å². The normalized spacial score (nSPS) is 17.3. The lowest BCUT2D eigenvalue weighted by Crippen LogP contribution is -2.35.